The highest BCUT2D eigenvalue weighted by Gasteiger charge is 2.18. The molecule has 0 saturated carbocycles. The molecule has 162 valence electrons. The predicted octanol–water partition coefficient (Wildman–Crippen LogP) is 5.49. The van der Waals surface area contributed by atoms with E-state index < -0.39 is 5.82 Å². The molecule has 2 aromatic heterocycles. The van der Waals surface area contributed by atoms with Crippen molar-refractivity contribution in [3.8, 4) is 11.1 Å². The number of halogens is 1. The molecule has 0 spiro atoms. The third kappa shape index (κ3) is 4.51. The molecule has 1 amide bonds. The van der Waals surface area contributed by atoms with Gasteiger partial charge in [-0.2, -0.15) is 0 Å². The Morgan fingerprint density at radius 2 is 2.00 bits per heavy atom. The van der Waals surface area contributed by atoms with Gasteiger partial charge in [0.15, 0.2) is 5.16 Å². The number of fused-ring (bicyclic) bond motifs is 1. The van der Waals surface area contributed by atoms with Crippen LogP contribution in [0, 0.1) is 12.7 Å². The molecule has 2 heterocycles. The minimum Gasteiger partial charge on any atom is -0.323 e. The maximum absolute atomic E-state index is 13.8. The molecule has 8 heteroatoms. The van der Waals surface area contributed by atoms with E-state index in [1.165, 1.54) is 28.0 Å². The number of aryl methyl sites for hydroxylation is 1. The van der Waals surface area contributed by atoms with E-state index in [4.69, 9.17) is 0 Å². The SMILES string of the molecule is C=CCn1c(SCC(=O)Nc2ccccc2F)nc2scc(-c3ccc(C)cc3)c2c1=O. The summed E-state index contributed by atoms with van der Waals surface area (Å²) in [6.45, 7) is 6.02. The number of carbonyl (C=O) groups excluding carboxylic acids is 1. The van der Waals surface area contributed by atoms with Crippen LogP contribution in [0.2, 0.25) is 0 Å². The molecule has 0 bridgehead atoms. The largest absolute Gasteiger partial charge is 0.323 e. The van der Waals surface area contributed by atoms with Crippen LogP contribution >= 0.6 is 23.1 Å². The number of anilines is 1. The summed E-state index contributed by atoms with van der Waals surface area (Å²) >= 11 is 2.53. The number of aromatic nitrogens is 2. The maximum atomic E-state index is 13.8. The Balaban J connectivity index is 1.64. The zero-order valence-corrected chi connectivity index (χ0v) is 18.9. The Bertz CT molecular complexity index is 1360. The number of nitrogens with one attached hydrogen (secondary N) is 1. The van der Waals surface area contributed by atoms with Crippen LogP contribution in [-0.2, 0) is 11.3 Å². The monoisotopic (exact) mass is 465 g/mol. The molecule has 4 aromatic rings. The van der Waals surface area contributed by atoms with Crippen LogP contribution in [0.5, 0.6) is 0 Å². The lowest BCUT2D eigenvalue weighted by Crippen LogP contribution is -2.23. The highest BCUT2D eigenvalue weighted by Crippen LogP contribution is 2.32. The number of nitrogens with zero attached hydrogens (tertiary/aromatic N) is 2. The van der Waals surface area contributed by atoms with Crippen molar-refractivity contribution in [2.45, 2.75) is 18.6 Å². The lowest BCUT2D eigenvalue weighted by atomic mass is 10.1. The third-order valence-electron chi connectivity index (χ3n) is 4.81. The first-order chi connectivity index (χ1) is 15.5. The van der Waals surface area contributed by atoms with Crippen LogP contribution in [0.1, 0.15) is 5.56 Å². The number of carbonyl (C=O) groups is 1. The van der Waals surface area contributed by atoms with Gasteiger partial charge in [0.05, 0.1) is 16.8 Å². The summed E-state index contributed by atoms with van der Waals surface area (Å²) < 4.78 is 15.3. The van der Waals surface area contributed by atoms with Crippen molar-refractivity contribution in [3.63, 3.8) is 0 Å². The molecule has 0 fully saturated rings. The Morgan fingerprint density at radius 1 is 1.25 bits per heavy atom. The normalized spacial score (nSPS) is 10.9. The van der Waals surface area contributed by atoms with Crippen LogP contribution in [0.4, 0.5) is 10.1 Å². The quantitative estimate of drug-likeness (QED) is 0.223. The number of thiophene rings is 1. The summed E-state index contributed by atoms with van der Waals surface area (Å²) in [7, 11) is 0. The van der Waals surface area contributed by atoms with Gasteiger partial charge in [0.2, 0.25) is 5.91 Å². The number of thioether (sulfide) groups is 1. The lowest BCUT2D eigenvalue weighted by molar-refractivity contribution is -0.113. The van der Waals surface area contributed by atoms with Crippen LogP contribution in [0.25, 0.3) is 21.3 Å². The van der Waals surface area contributed by atoms with Gasteiger partial charge in [-0.25, -0.2) is 9.37 Å². The van der Waals surface area contributed by atoms with Crippen molar-refractivity contribution in [2.75, 3.05) is 11.1 Å². The van der Waals surface area contributed by atoms with E-state index >= 15 is 0 Å². The van der Waals surface area contributed by atoms with E-state index in [0.717, 1.165) is 28.5 Å². The van der Waals surface area contributed by atoms with Gasteiger partial charge >= 0.3 is 0 Å². The predicted molar refractivity (Wildman–Crippen MR) is 130 cm³/mol. The molecular formula is C24H20FN3O2S2. The number of allylic oxidation sites excluding steroid dienone is 1. The van der Waals surface area contributed by atoms with Gasteiger partial charge in [-0.15, -0.1) is 17.9 Å². The Labute approximate surface area is 192 Å². The second-order valence-corrected chi connectivity index (χ2v) is 8.91. The smallest absolute Gasteiger partial charge is 0.263 e. The number of amides is 1. The Hall–Kier alpha value is -3.23. The summed E-state index contributed by atoms with van der Waals surface area (Å²) in [6, 6.07) is 14.0. The molecule has 0 aliphatic rings. The summed E-state index contributed by atoms with van der Waals surface area (Å²) in [5, 5.41) is 5.45. The Morgan fingerprint density at radius 3 is 2.72 bits per heavy atom. The second-order valence-electron chi connectivity index (χ2n) is 7.11. The fourth-order valence-electron chi connectivity index (χ4n) is 3.23. The number of rotatable bonds is 7. The van der Waals surface area contributed by atoms with E-state index in [1.807, 2.05) is 36.6 Å². The van der Waals surface area contributed by atoms with Crippen molar-refractivity contribution in [1.82, 2.24) is 9.55 Å². The van der Waals surface area contributed by atoms with Crippen molar-refractivity contribution in [3.05, 3.63) is 88.3 Å². The van der Waals surface area contributed by atoms with Gasteiger partial charge in [-0.3, -0.25) is 14.2 Å². The standard InChI is InChI=1S/C24H20FN3O2S2/c1-3-12-28-23(30)21-17(16-10-8-15(2)9-11-16)13-31-22(21)27-24(28)32-14-20(29)26-19-7-5-4-6-18(19)25/h3-11,13H,1,12,14H2,2H3,(H,26,29). The number of benzene rings is 2. The molecular weight excluding hydrogens is 445 g/mol. The van der Waals surface area contributed by atoms with Gasteiger partial charge in [0.1, 0.15) is 10.6 Å². The highest BCUT2D eigenvalue weighted by molar-refractivity contribution is 7.99. The van der Waals surface area contributed by atoms with E-state index in [2.05, 4.69) is 16.9 Å². The van der Waals surface area contributed by atoms with Crippen molar-refractivity contribution in [1.29, 1.82) is 0 Å². The van der Waals surface area contributed by atoms with Crippen LogP contribution in [-0.4, -0.2) is 21.2 Å². The average molecular weight is 466 g/mol. The van der Waals surface area contributed by atoms with Crippen molar-refractivity contribution < 1.29 is 9.18 Å². The fourth-order valence-corrected chi connectivity index (χ4v) is 5.03. The molecule has 4 rings (SSSR count). The van der Waals surface area contributed by atoms with Gasteiger partial charge in [0, 0.05) is 17.5 Å². The molecule has 0 aliphatic carbocycles. The molecule has 0 atom stereocenters. The van der Waals surface area contributed by atoms with Crippen LogP contribution < -0.4 is 10.9 Å². The Kier molecular flexibility index (Phi) is 6.53. The summed E-state index contributed by atoms with van der Waals surface area (Å²) in [4.78, 5) is 31.0. The van der Waals surface area contributed by atoms with Crippen LogP contribution in [0.3, 0.4) is 0 Å². The topological polar surface area (TPSA) is 64.0 Å². The van der Waals surface area contributed by atoms with Gasteiger partial charge in [0.25, 0.3) is 5.56 Å². The molecule has 32 heavy (non-hydrogen) atoms. The number of hydrogen-bond donors (Lipinski definition) is 1. The first-order valence-electron chi connectivity index (χ1n) is 9.85. The molecule has 0 radical (unpaired) electrons. The first kappa shape index (κ1) is 22.0. The minimum absolute atomic E-state index is 0.0143. The minimum atomic E-state index is -0.504. The summed E-state index contributed by atoms with van der Waals surface area (Å²) in [5.74, 6) is -0.901. The maximum Gasteiger partial charge on any atom is 0.263 e. The summed E-state index contributed by atoms with van der Waals surface area (Å²) in [6.07, 6.45) is 1.62. The van der Waals surface area contributed by atoms with Crippen molar-refractivity contribution in [2.24, 2.45) is 0 Å². The third-order valence-corrected chi connectivity index (χ3v) is 6.66. The van der Waals surface area contributed by atoms with Gasteiger partial charge < -0.3 is 5.32 Å². The van der Waals surface area contributed by atoms with E-state index in [1.54, 1.807) is 18.2 Å². The zero-order chi connectivity index (χ0) is 22.7. The molecule has 0 saturated heterocycles. The second kappa shape index (κ2) is 9.50. The van der Waals surface area contributed by atoms with Gasteiger partial charge in [-0.1, -0.05) is 59.8 Å². The van der Waals surface area contributed by atoms with Gasteiger partial charge in [-0.05, 0) is 24.6 Å². The van der Waals surface area contributed by atoms with E-state index in [0.29, 0.717) is 15.4 Å². The van der Waals surface area contributed by atoms with E-state index in [9.17, 15) is 14.0 Å². The number of hydrogen-bond acceptors (Lipinski definition) is 5. The highest BCUT2D eigenvalue weighted by atomic mass is 32.2. The molecule has 0 unspecified atom stereocenters. The average Bonchev–Trinajstić information content (AvgIpc) is 3.21. The zero-order valence-electron chi connectivity index (χ0n) is 17.3. The fraction of sp³-hybridized carbons (Fsp3) is 0.125. The van der Waals surface area contributed by atoms with Crippen molar-refractivity contribution >= 4 is 44.9 Å². The molecule has 0 aliphatic heterocycles. The molecule has 1 N–H and O–H groups in total. The number of para-hydroxylation sites is 1. The first-order valence-corrected chi connectivity index (χ1v) is 11.7. The van der Waals surface area contributed by atoms with Crippen LogP contribution in [0.15, 0.2) is 76.5 Å². The molecule has 2 aromatic carbocycles. The summed E-state index contributed by atoms with van der Waals surface area (Å²) in [5.41, 5.74) is 2.88. The molecule has 5 nitrogen and oxygen atoms in total. The van der Waals surface area contributed by atoms with E-state index in [-0.39, 0.29) is 29.5 Å². The lowest BCUT2D eigenvalue weighted by Gasteiger charge is -2.11.